The molecule has 1 saturated heterocycles. The lowest BCUT2D eigenvalue weighted by atomic mass is 9.74. The molecule has 0 radical (unpaired) electrons. The summed E-state index contributed by atoms with van der Waals surface area (Å²) in [7, 11) is 0. The molecule has 0 atom stereocenters. The zero-order valence-corrected chi connectivity index (χ0v) is 15.9. The Labute approximate surface area is 160 Å². The molecule has 2 heterocycles. The molecule has 5 nitrogen and oxygen atoms in total. The van der Waals surface area contributed by atoms with Crippen molar-refractivity contribution in [1.82, 2.24) is 9.88 Å². The van der Waals surface area contributed by atoms with Crippen molar-refractivity contribution in [2.45, 2.75) is 39.2 Å². The molecule has 144 valence electrons. The molecule has 1 aliphatic heterocycles. The topological polar surface area (TPSA) is 62.4 Å². The number of pyridine rings is 1. The number of esters is 1. The van der Waals surface area contributed by atoms with Gasteiger partial charge in [0.05, 0.1) is 12.0 Å². The van der Waals surface area contributed by atoms with Crippen LogP contribution in [0.2, 0.25) is 0 Å². The number of piperidine rings is 1. The summed E-state index contributed by atoms with van der Waals surface area (Å²) in [6.45, 7) is 4.48. The second kappa shape index (κ2) is 9.00. The normalized spacial score (nSPS) is 16.8. The van der Waals surface area contributed by atoms with Gasteiger partial charge in [0.15, 0.2) is 0 Å². The van der Waals surface area contributed by atoms with E-state index < -0.39 is 5.41 Å². The van der Waals surface area contributed by atoms with Gasteiger partial charge in [0.2, 0.25) is 0 Å². The number of benzene rings is 1. The molecule has 1 fully saturated rings. The van der Waals surface area contributed by atoms with Crippen LogP contribution in [-0.2, 0) is 22.5 Å². The van der Waals surface area contributed by atoms with E-state index in [-0.39, 0.29) is 11.5 Å². The maximum atomic E-state index is 12.8. The van der Waals surface area contributed by atoms with Crippen LogP contribution in [0.15, 0.2) is 53.5 Å². The van der Waals surface area contributed by atoms with Gasteiger partial charge < -0.3 is 9.72 Å². The van der Waals surface area contributed by atoms with Crippen molar-refractivity contribution >= 4 is 5.97 Å². The second-order valence-electron chi connectivity index (χ2n) is 7.29. The quantitative estimate of drug-likeness (QED) is 0.763. The van der Waals surface area contributed by atoms with Crippen LogP contribution in [0.4, 0.5) is 0 Å². The summed E-state index contributed by atoms with van der Waals surface area (Å²) < 4.78 is 5.43. The third-order valence-corrected chi connectivity index (χ3v) is 5.55. The van der Waals surface area contributed by atoms with Crippen molar-refractivity contribution in [3.8, 4) is 0 Å². The minimum Gasteiger partial charge on any atom is -0.466 e. The molecule has 0 aliphatic carbocycles. The Hall–Kier alpha value is -2.40. The third-order valence-electron chi connectivity index (χ3n) is 5.55. The smallest absolute Gasteiger partial charge is 0.312 e. The van der Waals surface area contributed by atoms with Gasteiger partial charge in [-0.2, -0.15) is 0 Å². The number of carbonyl (C=O) groups excluding carboxylic acids is 1. The van der Waals surface area contributed by atoms with Gasteiger partial charge in [-0.3, -0.25) is 14.5 Å². The molecule has 0 unspecified atom stereocenters. The number of ether oxygens (including phenoxy) is 1. The summed E-state index contributed by atoms with van der Waals surface area (Å²) in [5.74, 6) is -0.0712. The number of hydrogen-bond acceptors (Lipinski definition) is 4. The molecule has 0 spiro atoms. The SMILES string of the molecule is CCOC(=O)C1(CCc2ccccc2)CCN(Cc2ccc[nH]c2=O)CC1. The van der Waals surface area contributed by atoms with Gasteiger partial charge >= 0.3 is 5.97 Å². The van der Waals surface area contributed by atoms with Crippen LogP contribution in [0.1, 0.15) is 37.3 Å². The Morgan fingerprint density at radius 2 is 1.89 bits per heavy atom. The Kier molecular flexibility index (Phi) is 6.45. The number of nitrogens with one attached hydrogen (secondary N) is 1. The highest BCUT2D eigenvalue weighted by Crippen LogP contribution is 2.38. The van der Waals surface area contributed by atoms with Crippen molar-refractivity contribution < 1.29 is 9.53 Å². The summed E-state index contributed by atoms with van der Waals surface area (Å²) >= 11 is 0. The zero-order chi connectivity index (χ0) is 19.1. The molecular formula is C22H28N2O3. The molecule has 0 amide bonds. The van der Waals surface area contributed by atoms with Gasteiger partial charge in [-0.1, -0.05) is 36.4 Å². The second-order valence-corrected chi connectivity index (χ2v) is 7.29. The first-order chi connectivity index (χ1) is 13.1. The van der Waals surface area contributed by atoms with Gasteiger partial charge in [0, 0.05) is 18.3 Å². The number of nitrogens with zero attached hydrogens (tertiary/aromatic N) is 1. The molecule has 2 aromatic rings. The van der Waals surface area contributed by atoms with Crippen molar-refractivity contribution in [3.63, 3.8) is 0 Å². The molecule has 1 aliphatic rings. The van der Waals surface area contributed by atoms with Gasteiger partial charge in [0.1, 0.15) is 0 Å². The van der Waals surface area contributed by atoms with Crippen LogP contribution in [0.3, 0.4) is 0 Å². The summed E-state index contributed by atoms with van der Waals surface area (Å²) in [5, 5.41) is 0. The molecule has 3 rings (SSSR count). The molecule has 27 heavy (non-hydrogen) atoms. The van der Waals surface area contributed by atoms with Crippen molar-refractivity contribution in [3.05, 3.63) is 70.1 Å². The van der Waals surface area contributed by atoms with Crippen LogP contribution in [-0.4, -0.2) is 35.5 Å². The van der Waals surface area contributed by atoms with Crippen LogP contribution in [0, 0.1) is 5.41 Å². The van der Waals surface area contributed by atoms with E-state index in [2.05, 4.69) is 22.0 Å². The predicted octanol–water partition coefficient (Wildman–Crippen LogP) is 3.15. The number of hydrogen-bond donors (Lipinski definition) is 1. The van der Waals surface area contributed by atoms with Crippen LogP contribution in [0.25, 0.3) is 0 Å². The molecule has 1 aromatic carbocycles. The van der Waals surface area contributed by atoms with E-state index in [4.69, 9.17) is 4.74 Å². The summed E-state index contributed by atoms with van der Waals surface area (Å²) in [6.07, 6.45) is 4.86. The first-order valence-corrected chi connectivity index (χ1v) is 9.73. The van der Waals surface area contributed by atoms with Crippen LogP contribution >= 0.6 is 0 Å². The number of carbonyl (C=O) groups is 1. The van der Waals surface area contributed by atoms with Crippen molar-refractivity contribution in [2.24, 2.45) is 5.41 Å². The average Bonchev–Trinajstić information content (AvgIpc) is 2.70. The highest BCUT2D eigenvalue weighted by atomic mass is 16.5. The maximum absolute atomic E-state index is 12.8. The number of aromatic nitrogens is 1. The van der Waals surface area contributed by atoms with E-state index in [1.54, 1.807) is 6.20 Å². The van der Waals surface area contributed by atoms with Gasteiger partial charge in [0.25, 0.3) is 5.56 Å². The van der Waals surface area contributed by atoms with Crippen molar-refractivity contribution in [2.75, 3.05) is 19.7 Å². The van der Waals surface area contributed by atoms with E-state index in [1.807, 2.05) is 37.3 Å². The largest absolute Gasteiger partial charge is 0.466 e. The molecule has 1 aromatic heterocycles. The van der Waals surface area contributed by atoms with Gasteiger partial charge in [-0.15, -0.1) is 0 Å². The van der Waals surface area contributed by atoms with Gasteiger partial charge in [-0.05, 0) is 57.3 Å². The average molecular weight is 368 g/mol. The highest BCUT2D eigenvalue weighted by molar-refractivity contribution is 5.77. The molecule has 1 N–H and O–H groups in total. The molecule has 5 heteroatoms. The molecule has 0 saturated carbocycles. The fraction of sp³-hybridized carbons (Fsp3) is 0.455. The minimum absolute atomic E-state index is 0.0381. The number of likely N-dealkylation sites (tertiary alicyclic amines) is 1. The summed E-state index contributed by atoms with van der Waals surface area (Å²) in [4.78, 5) is 29.7. The summed E-state index contributed by atoms with van der Waals surface area (Å²) in [5.41, 5.74) is 1.56. The van der Waals surface area contributed by atoms with E-state index in [0.29, 0.717) is 13.2 Å². The number of rotatable bonds is 7. The molecular weight excluding hydrogens is 340 g/mol. The fourth-order valence-electron chi connectivity index (χ4n) is 3.83. The standard InChI is InChI=1S/C22H28N2O3/c1-2-27-21(26)22(11-10-18-7-4-3-5-8-18)12-15-24(16-13-22)17-19-9-6-14-23-20(19)25/h3-9,14H,2,10-13,15-17H2,1H3,(H,23,25). The van der Waals surface area contributed by atoms with E-state index in [1.165, 1.54) is 5.56 Å². The lowest BCUT2D eigenvalue weighted by Gasteiger charge is -2.40. The van der Waals surface area contributed by atoms with E-state index >= 15 is 0 Å². The first-order valence-electron chi connectivity index (χ1n) is 9.73. The van der Waals surface area contributed by atoms with Crippen molar-refractivity contribution in [1.29, 1.82) is 0 Å². The Morgan fingerprint density at radius 3 is 2.56 bits per heavy atom. The van der Waals surface area contributed by atoms with Gasteiger partial charge in [-0.25, -0.2) is 0 Å². The lowest BCUT2D eigenvalue weighted by Crippen LogP contribution is -2.45. The zero-order valence-electron chi connectivity index (χ0n) is 15.9. The summed E-state index contributed by atoms with van der Waals surface area (Å²) in [6, 6.07) is 14.0. The Balaban J connectivity index is 1.66. The number of aromatic amines is 1. The van der Waals surface area contributed by atoms with E-state index in [9.17, 15) is 9.59 Å². The maximum Gasteiger partial charge on any atom is 0.312 e. The molecule has 0 bridgehead atoms. The van der Waals surface area contributed by atoms with Crippen LogP contribution < -0.4 is 5.56 Å². The number of H-pyrrole nitrogens is 1. The lowest BCUT2D eigenvalue weighted by molar-refractivity contribution is -0.159. The third kappa shape index (κ3) is 4.86. The Morgan fingerprint density at radius 1 is 1.15 bits per heavy atom. The predicted molar refractivity (Wildman–Crippen MR) is 105 cm³/mol. The highest BCUT2D eigenvalue weighted by Gasteiger charge is 2.42. The first kappa shape index (κ1) is 19.4. The van der Waals surface area contributed by atoms with Crippen LogP contribution in [0.5, 0.6) is 0 Å². The Bertz CT molecular complexity index is 792. The minimum atomic E-state index is -0.425. The van der Waals surface area contributed by atoms with E-state index in [0.717, 1.165) is 44.3 Å². The fourth-order valence-corrected chi connectivity index (χ4v) is 3.83. The number of aryl methyl sites for hydroxylation is 1. The monoisotopic (exact) mass is 368 g/mol.